The van der Waals surface area contributed by atoms with Gasteiger partial charge in [-0.05, 0) is 43.2 Å². The Bertz CT molecular complexity index is 775. The van der Waals surface area contributed by atoms with E-state index in [2.05, 4.69) is 41.6 Å². The molecule has 0 aliphatic rings. The van der Waals surface area contributed by atoms with Crippen molar-refractivity contribution in [2.24, 2.45) is 0 Å². The minimum Gasteiger partial charge on any atom is -0.319 e. The summed E-state index contributed by atoms with van der Waals surface area (Å²) in [7, 11) is 0. The Kier molecular flexibility index (Phi) is 3.92. The van der Waals surface area contributed by atoms with Crippen molar-refractivity contribution in [3.8, 4) is 0 Å². The first-order valence-electron chi connectivity index (χ1n) is 6.89. The van der Waals surface area contributed by atoms with E-state index < -0.39 is 0 Å². The van der Waals surface area contributed by atoms with E-state index in [-0.39, 0.29) is 6.04 Å². The molecule has 0 bridgehead atoms. The second kappa shape index (κ2) is 5.70. The quantitative estimate of drug-likeness (QED) is 0.595. The molecule has 1 heterocycles. The molecule has 4 heteroatoms. The molecule has 0 aliphatic carbocycles. The molecule has 0 saturated heterocycles. The maximum absolute atomic E-state index is 6.11. The number of aromatic nitrogens is 2. The fraction of sp³-hybridized carbons (Fsp3) is 0.235. The van der Waals surface area contributed by atoms with Crippen LogP contribution in [0.5, 0.6) is 0 Å². The summed E-state index contributed by atoms with van der Waals surface area (Å²) < 4.78 is 2.22. The largest absolute Gasteiger partial charge is 0.319 e. The Balaban J connectivity index is 2.20. The average molecular weight is 319 g/mol. The molecule has 2 nitrogen and oxygen atoms in total. The van der Waals surface area contributed by atoms with E-state index >= 15 is 0 Å². The second-order valence-electron chi connectivity index (χ2n) is 5.20. The van der Waals surface area contributed by atoms with Gasteiger partial charge < -0.3 is 4.57 Å². The lowest BCUT2D eigenvalue weighted by Gasteiger charge is -2.18. The average Bonchev–Trinajstić information content (AvgIpc) is 2.87. The Labute approximate surface area is 134 Å². The van der Waals surface area contributed by atoms with Crippen molar-refractivity contribution in [2.75, 3.05) is 0 Å². The van der Waals surface area contributed by atoms with Gasteiger partial charge in [0.25, 0.3) is 0 Å². The van der Waals surface area contributed by atoms with Crippen LogP contribution < -0.4 is 0 Å². The van der Waals surface area contributed by atoms with E-state index in [4.69, 9.17) is 23.2 Å². The van der Waals surface area contributed by atoms with E-state index in [9.17, 15) is 0 Å². The lowest BCUT2D eigenvalue weighted by Crippen LogP contribution is -2.10. The van der Waals surface area contributed by atoms with Crippen molar-refractivity contribution in [3.05, 3.63) is 64.4 Å². The zero-order chi connectivity index (χ0) is 15.0. The van der Waals surface area contributed by atoms with Gasteiger partial charge in [0, 0.05) is 5.02 Å². The molecule has 108 valence electrons. The molecule has 1 unspecified atom stereocenters. The molecule has 0 spiro atoms. The SMILES string of the molecule is Cc1cccc2nc(CCl)n(C(C)c3ccc(Cl)cc3)c12. The lowest BCUT2D eigenvalue weighted by molar-refractivity contribution is 0.633. The number of aryl methyl sites for hydroxylation is 1. The summed E-state index contributed by atoms with van der Waals surface area (Å²) in [5.41, 5.74) is 4.53. The maximum atomic E-state index is 6.11. The van der Waals surface area contributed by atoms with Crippen molar-refractivity contribution in [3.63, 3.8) is 0 Å². The Hall–Kier alpha value is -1.51. The van der Waals surface area contributed by atoms with Crippen molar-refractivity contribution in [1.82, 2.24) is 9.55 Å². The number of alkyl halides is 1. The first-order chi connectivity index (χ1) is 10.1. The van der Waals surface area contributed by atoms with Crippen LogP contribution in [-0.4, -0.2) is 9.55 Å². The fourth-order valence-electron chi connectivity index (χ4n) is 2.77. The molecule has 3 aromatic rings. The molecule has 0 radical (unpaired) electrons. The number of para-hydroxylation sites is 1. The van der Waals surface area contributed by atoms with E-state index in [1.165, 1.54) is 11.1 Å². The summed E-state index contributed by atoms with van der Waals surface area (Å²) in [6.45, 7) is 4.26. The fourth-order valence-corrected chi connectivity index (χ4v) is 3.09. The standard InChI is InChI=1S/C17H16Cl2N2/c1-11-4-3-5-15-17(11)21(16(10-18)20-15)12(2)13-6-8-14(19)9-7-13/h3-9,12H,10H2,1-2H3. The van der Waals surface area contributed by atoms with Gasteiger partial charge in [0.1, 0.15) is 5.82 Å². The number of imidazole rings is 1. The number of hydrogen-bond donors (Lipinski definition) is 0. The van der Waals surface area contributed by atoms with Crippen LogP contribution in [0, 0.1) is 6.92 Å². The summed E-state index contributed by atoms with van der Waals surface area (Å²) in [6, 6.07) is 14.3. The highest BCUT2D eigenvalue weighted by Gasteiger charge is 2.17. The summed E-state index contributed by atoms with van der Waals surface area (Å²) in [5, 5.41) is 0.746. The van der Waals surface area contributed by atoms with Crippen LogP contribution in [0.15, 0.2) is 42.5 Å². The summed E-state index contributed by atoms with van der Waals surface area (Å²) in [6.07, 6.45) is 0. The monoisotopic (exact) mass is 318 g/mol. The molecule has 21 heavy (non-hydrogen) atoms. The van der Waals surface area contributed by atoms with E-state index in [0.717, 1.165) is 21.9 Å². The van der Waals surface area contributed by atoms with Crippen LogP contribution in [0.2, 0.25) is 5.02 Å². The van der Waals surface area contributed by atoms with Crippen molar-refractivity contribution in [1.29, 1.82) is 0 Å². The normalized spacial score (nSPS) is 12.8. The first-order valence-corrected chi connectivity index (χ1v) is 7.81. The molecule has 0 aliphatic heterocycles. The molecule has 0 N–H and O–H groups in total. The Morgan fingerprint density at radius 3 is 2.52 bits per heavy atom. The summed E-state index contributed by atoms with van der Waals surface area (Å²) in [5.74, 6) is 1.29. The van der Waals surface area contributed by atoms with Gasteiger partial charge in [0.2, 0.25) is 0 Å². The van der Waals surface area contributed by atoms with Gasteiger partial charge >= 0.3 is 0 Å². The highest BCUT2D eigenvalue weighted by molar-refractivity contribution is 6.30. The van der Waals surface area contributed by atoms with Crippen molar-refractivity contribution in [2.45, 2.75) is 25.8 Å². The van der Waals surface area contributed by atoms with E-state index in [0.29, 0.717) is 5.88 Å². The van der Waals surface area contributed by atoms with Crippen molar-refractivity contribution >= 4 is 34.2 Å². The number of hydrogen-bond acceptors (Lipinski definition) is 1. The van der Waals surface area contributed by atoms with Crippen LogP contribution >= 0.6 is 23.2 Å². The predicted molar refractivity (Wildman–Crippen MR) is 89.3 cm³/mol. The Morgan fingerprint density at radius 2 is 1.86 bits per heavy atom. The third kappa shape index (κ3) is 2.54. The summed E-state index contributed by atoms with van der Waals surface area (Å²) >= 11 is 12.1. The molecule has 0 saturated carbocycles. The maximum Gasteiger partial charge on any atom is 0.125 e. The third-order valence-corrected chi connectivity index (χ3v) is 4.34. The van der Waals surface area contributed by atoms with Gasteiger partial charge in [0.15, 0.2) is 0 Å². The lowest BCUT2D eigenvalue weighted by atomic mass is 10.1. The minimum absolute atomic E-state index is 0.155. The third-order valence-electron chi connectivity index (χ3n) is 3.84. The molecular formula is C17H16Cl2N2. The van der Waals surface area contributed by atoms with Gasteiger partial charge in [-0.1, -0.05) is 35.9 Å². The number of rotatable bonds is 3. The van der Waals surface area contributed by atoms with E-state index in [1.807, 2.05) is 24.3 Å². The topological polar surface area (TPSA) is 17.8 Å². The zero-order valence-electron chi connectivity index (χ0n) is 12.0. The Morgan fingerprint density at radius 1 is 1.14 bits per heavy atom. The second-order valence-corrected chi connectivity index (χ2v) is 5.91. The molecule has 0 amide bonds. The first kappa shape index (κ1) is 14.4. The van der Waals surface area contributed by atoms with Gasteiger partial charge in [-0.25, -0.2) is 4.98 Å². The molecule has 1 aromatic heterocycles. The number of halogens is 2. The van der Waals surface area contributed by atoms with E-state index in [1.54, 1.807) is 0 Å². The van der Waals surface area contributed by atoms with Crippen LogP contribution in [0.25, 0.3) is 11.0 Å². The molecule has 0 fully saturated rings. The molecular weight excluding hydrogens is 303 g/mol. The van der Waals surface area contributed by atoms with Crippen LogP contribution in [0.3, 0.4) is 0 Å². The van der Waals surface area contributed by atoms with Crippen LogP contribution in [-0.2, 0) is 5.88 Å². The highest BCUT2D eigenvalue weighted by Crippen LogP contribution is 2.29. The number of benzene rings is 2. The minimum atomic E-state index is 0.155. The van der Waals surface area contributed by atoms with Crippen molar-refractivity contribution < 1.29 is 0 Å². The van der Waals surface area contributed by atoms with Crippen LogP contribution in [0.4, 0.5) is 0 Å². The van der Waals surface area contributed by atoms with Gasteiger partial charge in [-0.3, -0.25) is 0 Å². The van der Waals surface area contributed by atoms with Gasteiger partial charge in [-0.15, -0.1) is 11.6 Å². The highest BCUT2D eigenvalue weighted by atomic mass is 35.5. The number of fused-ring (bicyclic) bond motifs is 1. The van der Waals surface area contributed by atoms with Gasteiger partial charge in [0.05, 0.1) is 23.0 Å². The smallest absolute Gasteiger partial charge is 0.125 e. The molecule has 1 atom stereocenters. The summed E-state index contributed by atoms with van der Waals surface area (Å²) in [4.78, 5) is 4.66. The molecule has 3 rings (SSSR count). The number of nitrogens with zero attached hydrogens (tertiary/aromatic N) is 2. The zero-order valence-corrected chi connectivity index (χ0v) is 13.5. The molecule has 2 aromatic carbocycles. The van der Waals surface area contributed by atoms with Gasteiger partial charge in [-0.2, -0.15) is 0 Å². The van der Waals surface area contributed by atoms with Crippen LogP contribution in [0.1, 0.15) is 29.9 Å². The predicted octanol–water partition coefficient (Wildman–Crippen LogP) is 5.35.